The fourth-order valence-corrected chi connectivity index (χ4v) is 2.79. The average Bonchev–Trinajstić information content (AvgIpc) is 2.48. The van der Waals surface area contributed by atoms with Crippen molar-refractivity contribution < 1.29 is 9.84 Å². The van der Waals surface area contributed by atoms with Crippen LogP contribution in [0.5, 0.6) is 5.75 Å². The molecule has 5 heteroatoms. The van der Waals surface area contributed by atoms with E-state index in [1.807, 2.05) is 30.3 Å². The van der Waals surface area contributed by atoms with Crippen LogP contribution in [0.1, 0.15) is 17.2 Å². The Kier molecular flexibility index (Phi) is 5.88. The van der Waals surface area contributed by atoms with Gasteiger partial charge in [-0.3, -0.25) is 0 Å². The molecule has 0 saturated heterocycles. The first-order valence-electron chi connectivity index (χ1n) is 6.56. The summed E-state index contributed by atoms with van der Waals surface area (Å²) in [5.41, 5.74) is 1.87. The van der Waals surface area contributed by atoms with Gasteiger partial charge in [-0.2, -0.15) is 0 Å². The van der Waals surface area contributed by atoms with Crippen molar-refractivity contribution in [1.29, 1.82) is 0 Å². The molecule has 0 amide bonds. The van der Waals surface area contributed by atoms with Crippen LogP contribution in [0.2, 0.25) is 10.0 Å². The van der Waals surface area contributed by atoms with Gasteiger partial charge >= 0.3 is 0 Å². The van der Waals surface area contributed by atoms with E-state index in [1.54, 1.807) is 19.2 Å². The monoisotopic (exact) mass is 325 g/mol. The SMILES string of the molecule is COc1c(Cl)cc(Cl)cc1CNC(CO)c1ccccc1. The van der Waals surface area contributed by atoms with Gasteiger partial charge in [-0.15, -0.1) is 0 Å². The van der Waals surface area contributed by atoms with Crippen LogP contribution in [-0.2, 0) is 6.54 Å². The van der Waals surface area contributed by atoms with E-state index in [4.69, 9.17) is 27.9 Å². The van der Waals surface area contributed by atoms with Gasteiger partial charge in [0.1, 0.15) is 5.75 Å². The molecule has 0 aliphatic carbocycles. The molecule has 2 rings (SSSR count). The lowest BCUT2D eigenvalue weighted by Gasteiger charge is -2.18. The predicted octanol–water partition coefficient (Wildman–Crippen LogP) is 3.83. The van der Waals surface area contributed by atoms with E-state index in [2.05, 4.69) is 5.32 Å². The number of halogens is 2. The second-order valence-electron chi connectivity index (χ2n) is 4.61. The number of rotatable bonds is 6. The highest BCUT2D eigenvalue weighted by Gasteiger charge is 2.13. The molecule has 112 valence electrons. The van der Waals surface area contributed by atoms with Crippen LogP contribution < -0.4 is 10.1 Å². The fourth-order valence-electron chi connectivity index (χ4n) is 2.18. The van der Waals surface area contributed by atoms with Gasteiger partial charge in [0.25, 0.3) is 0 Å². The Morgan fingerprint density at radius 3 is 2.52 bits per heavy atom. The summed E-state index contributed by atoms with van der Waals surface area (Å²) in [5.74, 6) is 0.596. The highest BCUT2D eigenvalue weighted by molar-refractivity contribution is 6.35. The molecule has 3 nitrogen and oxygen atoms in total. The van der Waals surface area contributed by atoms with Gasteiger partial charge in [-0.05, 0) is 17.7 Å². The van der Waals surface area contributed by atoms with E-state index in [0.29, 0.717) is 22.3 Å². The van der Waals surface area contributed by atoms with E-state index in [9.17, 15) is 5.11 Å². The second-order valence-corrected chi connectivity index (χ2v) is 5.45. The molecule has 0 heterocycles. The van der Waals surface area contributed by atoms with Crippen LogP contribution >= 0.6 is 23.2 Å². The number of nitrogens with one attached hydrogen (secondary N) is 1. The van der Waals surface area contributed by atoms with E-state index in [0.717, 1.165) is 11.1 Å². The van der Waals surface area contributed by atoms with Crippen LogP contribution in [0.4, 0.5) is 0 Å². The van der Waals surface area contributed by atoms with Gasteiger partial charge in [0.15, 0.2) is 0 Å². The van der Waals surface area contributed by atoms with Crippen molar-refractivity contribution in [2.45, 2.75) is 12.6 Å². The minimum atomic E-state index is -0.159. The first-order chi connectivity index (χ1) is 10.2. The van der Waals surface area contributed by atoms with E-state index >= 15 is 0 Å². The minimum absolute atomic E-state index is 0.000622. The average molecular weight is 326 g/mol. The van der Waals surface area contributed by atoms with Crippen molar-refractivity contribution in [3.8, 4) is 5.75 Å². The molecule has 21 heavy (non-hydrogen) atoms. The van der Waals surface area contributed by atoms with Crippen LogP contribution in [0.25, 0.3) is 0 Å². The van der Waals surface area contributed by atoms with Crippen LogP contribution in [-0.4, -0.2) is 18.8 Å². The summed E-state index contributed by atoms with van der Waals surface area (Å²) < 4.78 is 5.31. The predicted molar refractivity (Wildman–Crippen MR) is 86.1 cm³/mol. The molecule has 0 aliphatic rings. The van der Waals surface area contributed by atoms with Gasteiger partial charge in [-0.1, -0.05) is 53.5 Å². The van der Waals surface area contributed by atoms with E-state index in [-0.39, 0.29) is 12.6 Å². The van der Waals surface area contributed by atoms with Crippen molar-refractivity contribution in [3.05, 3.63) is 63.6 Å². The molecule has 0 aromatic heterocycles. The maximum absolute atomic E-state index is 9.55. The van der Waals surface area contributed by atoms with Crippen molar-refractivity contribution in [2.75, 3.05) is 13.7 Å². The molecule has 2 N–H and O–H groups in total. The highest BCUT2D eigenvalue weighted by Crippen LogP contribution is 2.32. The summed E-state index contributed by atoms with van der Waals surface area (Å²) in [6.07, 6.45) is 0. The van der Waals surface area contributed by atoms with Crippen LogP contribution in [0.15, 0.2) is 42.5 Å². The first kappa shape index (κ1) is 16.1. The van der Waals surface area contributed by atoms with Crippen molar-refractivity contribution in [2.24, 2.45) is 0 Å². The standard InChI is InChI=1S/C16H17Cl2NO2/c1-21-16-12(7-13(17)8-14(16)18)9-19-15(10-20)11-5-3-2-4-6-11/h2-8,15,19-20H,9-10H2,1H3. The molecular formula is C16H17Cl2NO2. The molecule has 0 saturated carbocycles. The number of aliphatic hydroxyl groups excluding tert-OH is 1. The maximum atomic E-state index is 9.55. The molecule has 0 fully saturated rings. The number of hydrogen-bond donors (Lipinski definition) is 2. The third-order valence-electron chi connectivity index (χ3n) is 3.21. The van der Waals surface area contributed by atoms with Gasteiger partial charge in [-0.25, -0.2) is 0 Å². The number of methoxy groups -OCH3 is 1. The lowest BCUT2D eigenvalue weighted by atomic mass is 10.1. The lowest BCUT2D eigenvalue weighted by Crippen LogP contribution is -2.24. The maximum Gasteiger partial charge on any atom is 0.142 e. The summed E-state index contributed by atoms with van der Waals surface area (Å²) in [6, 6.07) is 13.1. The van der Waals surface area contributed by atoms with Gasteiger partial charge < -0.3 is 15.2 Å². The summed E-state index contributed by atoms with van der Waals surface area (Å²) in [5, 5.41) is 13.9. The highest BCUT2D eigenvalue weighted by atomic mass is 35.5. The molecule has 0 bridgehead atoms. The Hall–Kier alpha value is -1.26. The molecule has 1 atom stereocenters. The zero-order chi connectivity index (χ0) is 15.2. The van der Waals surface area contributed by atoms with Gasteiger partial charge in [0.2, 0.25) is 0 Å². The Morgan fingerprint density at radius 1 is 1.19 bits per heavy atom. The van der Waals surface area contributed by atoms with Crippen molar-refractivity contribution in [1.82, 2.24) is 5.32 Å². The third-order valence-corrected chi connectivity index (χ3v) is 3.71. The molecule has 0 spiro atoms. The Morgan fingerprint density at radius 2 is 1.90 bits per heavy atom. The lowest BCUT2D eigenvalue weighted by molar-refractivity contribution is 0.243. The zero-order valence-electron chi connectivity index (χ0n) is 11.6. The van der Waals surface area contributed by atoms with Crippen LogP contribution in [0, 0.1) is 0 Å². The second kappa shape index (κ2) is 7.66. The van der Waals surface area contributed by atoms with Crippen molar-refractivity contribution >= 4 is 23.2 Å². The summed E-state index contributed by atoms with van der Waals surface area (Å²) in [6.45, 7) is 0.490. The first-order valence-corrected chi connectivity index (χ1v) is 7.32. The molecule has 0 radical (unpaired) electrons. The number of hydrogen-bond acceptors (Lipinski definition) is 3. The number of ether oxygens (including phenoxy) is 1. The van der Waals surface area contributed by atoms with Gasteiger partial charge in [0, 0.05) is 17.1 Å². The quantitative estimate of drug-likeness (QED) is 0.848. The third kappa shape index (κ3) is 4.11. The summed E-state index contributed by atoms with van der Waals surface area (Å²) >= 11 is 12.1. The molecule has 0 aliphatic heterocycles. The summed E-state index contributed by atoms with van der Waals surface area (Å²) in [7, 11) is 1.57. The van der Waals surface area contributed by atoms with Crippen LogP contribution in [0.3, 0.4) is 0 Å². The molecule has 2 aromatic rings. The smallest absolute Gasteiger partial charge is 0.142 e. The Bertz CT molecular complexity index is 590. The Balaban J connectivity index is 2.15. The topological polar surface area (TPSA) is 41.5 Å². The van der Waals surface area contributed by atoms with Crippen molar-refractivity contribution in [3.63, 3.8) is 0 Å². The minimum Gasteiger partial charge on any atom is -0.495 e. The molecular weight excluding hydrogens is 309 g/mol. The summed E-state index contributed by atoms with van der Waals surface area (Å²) in [4.78, 5) is 0. The zero-order valence-corrected chi connectivity index (χ0v) is 13.2. The van der Waals surface area contributed by atoms with E-state index in [1.165, 1.54) is 0 Å². The number of aliphatic hydroxyl groups is 1. The van der Waals surface area contributed by atoms with E-state index < -0.39 is 0 Å². The number of benzene rings is 2. The van der Waals surface area contributed by atoms with Gasteiger partial charge in [0.05, 0.1) is 24.8 Å². The molecule has 1 unspecified atom stereocenters. The largest absolute Gasteiger partial charge is 0.495 e. The fraction of sp³-hybridized carbons (Fsp3) is 0.250. The Labute approximate surface area is 134 Å². The normalized spacial score (nSPS) is 12.2. The molecule has 2 aromatic carbocycles.